The first-order chi connectivity index (χ1) is 8.16. The maximum absolute atomic E-state index is 11.7. The number of aromatic amines is 1. The van der Waals surface area contributed by atoms with E-state index in [9.17, 15) is 4.79 Å². The first kappa shape index (κ1) is 9.83. The van der Waals surface area contributed by atoms with Gasteiger partial charge >= 0.3 is 0 Å². The fourth-order valence-corrected chi connectivity index (χ4v) is 1.88. The van der Waals surface area contributed by atoms with E-state index < -0.39 is 0 Å². The standard InChI is InChI=1S/C11H11N3O3/c1-14-10(12)9(11(15)13-14)6-2-3-7-8(4-6)17-5-16-7/h2-4H,5,12H2,1H3,(H,13,15). The van der Waals surface area contributed by atoms with E-state index in [2.05, 4.69) is 5.10 Å². The Labute approximate surface area is 96.5 Å². The van der Waals surface area contributed by atoms with E-state index in [4.69, 9.17) is 15.2 Å². The summed E-state index contributed by atoms with van der Waals surface area (Å²) in [6.45, 7) is 0.208. The molecule has 3 rings (SSSR count). The van der Waals surface area contributed by atoms with Gasteiger partial charge in [0, 0.05) is 7.05 Å². The first-order valence-electron chi connectivity index (χ1n) is 5.11. The Bertz CT molecular complexity index is 642. The quantitative estimate of drug-likeness (QED) is 0.759. The molecule has 2 heterocycles. The van der Waals surface area contributed by atoms with E-state index in [1.165, 1.54) is 4.68 Å². The number of aromatic nitrogens is 2. The molecule has 1 aromatic heterocycles. The van der Waals surface area contributed by atoms with Crippen LogP contribution in [0.5, 0.6) is 11.5 Å². The van der Waals surface area contributed by atoms with Gasteiger partial charge in [0.25, 0.3) is 5.56 Å². The summed E-state index contributed by atoms with van der Waals surface area (Å²) in [6.07, 6.45) is 0. The fourth-order valence-electron chi connectivity index (χ4n) is 1.88. The van der Waals surface area contributed by atoms with E-state index in [1.807, 2.05) is 0 Å². The Morgan fingerprint density at radius 1 is 1.35 bits per heavy atom. The zero-order valence-electron chi connectivity index (χ0n) is 9.19. The van der Waals surface area contributed by atoms with Gasteiger partial charge in [-0.15, -0.1) is 0 Å². The first-order valence-corrected chi connectivity index (χ1v) is 5.11. The number of anilines is 1. The number of hydrogen-bond acceptors (Lipinski definition) is 4. The second-order valence-corrected chi connectivity index (χ2v) is 3.83. The minimum atomic E-state index is -0.219. The summed E-state index contributed by atoms with van der Waals surface area (Å²) in [4.78, 5) is 11.7. The van der Waals surface area contributed by atoms with Gasteiger partial charge < -0.3 is 15.2 Å². The van der Waals surface area contributed by atoms with Crippen LogP contribution >= 0.6 is 0 Å². The zero-order valence-corrected chi connectivity index (χ0v) is 9.19. The average Bonchev–Trinajstić information content (AvgIpc) is 2.84. The second-order valence-electron chi connectivity index (χ2n) is 3.83. The number of nitrogens with one attached hydrogen (secondary N) is 1. The van der Waals surface area contributed by atoms with Crippen LogP contribution in [0.1, 0.15) is 0 Å². The van der Waals surface area contributed by atoms with Crippen LogP contribution in [-0.2, 0) is 7.05 Å². The van der Waals surface area contributed by atoms with Gasteiger partial charge in [0.05, 0.1) is 5.56 Å². The molecule has 6 heteroatoms. The molecule has 0 unspecified atom stereocenters. The normalized spacial score (nSPS) is 13.0. The Hall–Kier alpha value is -2.37. The van der Waals surface area contributed by atoms with Gasteiger partial charge in [-0.05, 0) is 17.7 Å². The molecule has 0 amide bonds. The van der Waals surface area contributed by atoms with Crippen molar-refractivity contribution in [3.63, 3.8) is 0 Å². The molecule has 88 valence electrons. The summed E-state index contributed by atoms with van der Waals surface area (Å²) in [6, 6.07) is 5.31. The number of nitrogens with zero attached hydrogens (tertiary/aromatic N) is 1. The lowest BCUT2D eigenvalue weighted by molar-refractivity contribution is 0.174. The molecule has 0 saturated heterocycles. The SMILES string of the molecule is Cn1[nH]c(=O)c(-c2ccc3c(c2)OCO3)c1N. The van der Waals surface area contributed by atoms with Crippen LogP contribution in [0.2, 0.25) is 0 Å². The maximum Gasteiger partial charge on any atom is 0.274 e. The van der Waals surface area contributed by atoms with Crippen molar-refractivity contribution in [2.75, 3.05) is 12.5 Å². The van der Waals surface area contributed by atoms with Crippen LogP contribution in [0.3, 0.4) is 0 Å². The molecular formula is C11H11N3O3. The fraction of sp³-hybridized carbons (Fsp3) is 0.182. The van der Waals surface area contributed by atoms with Crippen molar-refractivity contribution in [3.05, 3.63) is 28.6 Å². The van der Waals surface area contributed by atoms with Gasteiger partial charge in [0.2, 0.25) is 6.79 Å². The molecular weight excluding hydrogens is 222 g/mol. The second kappa shape index (κ2) is 3.31. The molecule has 0 spiro atoms. The maximum atomic E-state index is 11.7. The van der Waals surface area contributed by atoms with Gasteiger partial charge in [-0.3, -0.25) is 14.6 Å². The van der Waals surface area contributed by atoms with E-state index in [0.29, 0.717) is 28.4 Å². The Morgan fingerprint density at radius 2 is 2.12 bits per heavy atom. The number of rotatable bonds is 1. The van der Waals surface area contributed by atoms with E-state index in [0.717, 1.165) is 0 Å². The molecule has 2 aromatic rings. The van der Waals surface area contributed by atoms with Crippen molar-refractivity contribution < 1.29 is 9.47 Å². The van der Waals surface area contributed by atoms with Crippen molar-refractivity contribution >= 4 is 5.82 Å². The zero-order chi connectivity index (χ0) is 12.0. The van der Waals surface area contributed by atoms with Crippen molar-refractivity contribution in [1.29, 1.82) is 0 Å². The van der Waals surface area contributed by atoms with Crippen molar-refractivity contribution in [2.24, 2.45) is 7.05 Å². The average molecular weight is 233 g/mol. The molecule has 0 saturated carbocycles. The molecule has 1 aliphatic heterocycles. The van der Waals surface area contributed by atoms with Gasteiger partial charge in [0.15, 0.2) is 11.5 Å². The number of hydrogen-bond donors (Lipinski definition) is 2. The number of aryl methyl sites for hydroxylation is 1. The predicted molar refractivity (Wildman–Crippen MR) is 62.0 cm³/mol. The number of ether oxygens (including phenoxy) is 2. The smallest absolute Gasteiger partial charge is 0.274 e. The molecule has 17 heavy (non-hydrogen) atoms. The Morgan fingerprint density at radius 3 is 2.82 bits per heavy atom. The molecule has 0 atom stereocenters. The third kappa shape index (κ3) is 1.37. The highest BCUT2D eigenvalue weighted by atomic mass is 16.7. The van der Waals surface area contributed by atoms with E-state index in [-0.39, 0.29) is 12.4 Å². The summed E-state index contributed by atoms with van der Waals surface area (Å²) in [5.41, 5.74) is 6.79. The van der Waals surface area contributed by atoms with E-state index in [1.54, 1.807) is 25.2 Å². The predicted octanol–water partition coefficient (Wildman–Crippen LogP) is 0.691. The molecule has 6 nitrogen and oxygen atoms in total. The molecule has 1 aliphatic rings. The minimum Gasteiger partial charge on any atom is -0.454 e. The Balaban J connectivity index is 2.19. The van der Waals surface area contributed by atoms with Crippen LogP contribution in [0, 0.1) is 0 Å². The molecule has 1 aromatic carbocycles. The highest BCUT2D eigenvalue weighted by Gasteiger charge is 2.17. The van der Waals surface area contributed by atoms with Gasteiger partial charge in [-0.2, -0.15) is 0 Å². The third-order valence-corrected chi connectivity index (χ3v) is 2.78. The number of benzene rings is 1. The summed E-state index contributed by atoms with van der Waals surface area (Å²) in [5, 5.41) is 2.61. The molecule has 0 bridgehead atoms. The number of nitrogen functional groups attached to an aromatic ring is 1. The summed E-state index contributed by atoms with van der Waals surface area (Å²) in [7, 11) is 1.69. The largest absolute Gasteiger partial charge is 0.454 e. The molecule has 0 fully saturated rings. The highest BCUT2D eigenvalue weighted by molar-refractivity contribution is 5.75. The van der Waals surface area contributed by atoms with Gasteiger partial charge in [-0.25, -0.2) is 0 Å². The minimum absolute atomic E-state index is 0.208. The summed E-state index contributed by atoms with van der Waals surface area (Å²) < 4.78 is 12.0. The number of fused-ring (bicyclic) bond motifs is 1. The van der Waals surface area contributed by atoms with Gasteiger partial charge in [-0.1, -0.05) is 6.07 Å². The topological polar surface area (TPSA) is 82.3 Å². The Kier molecular flexibility index (Phi) is 1.91. The lowest BCUT2D eigenvalue weighted by Crippen LogP contribution is -2.03. The van der Waals surface area contributed by atoms with Crippen molar-refractivity contribution in [3.8, 4) is 22.6 Å². The monoisotopic (exact) mass is 233 g/mol. The molecule has 0 radical (unpaired) electrons. The summed E-state index contributed by atoms with van der Waals surface area (Å²) >= 11 is 0. The lowest BCUT2D eigenvalue weighted by Gasteiger charge is -2.01. The van der Waals surface area contributed by atoms with Crippen LogP contribution < -0.4 is 20.8 Å². The van der Waals surface area contributed by atoms with Crippen molar-refractivity contribution in [2.45, 2.75) is 0 Å². The highest BCUT2D eigenvalue weighted by Crippen LogP contribution is 2.36. The van der Waals surface area contributed by atoms with Gasteiger partial charge in [0.1, 0.15) is 5.82 Å². The van der Waals surface area contributed by atoms with Crippen LogP contribution in [0.4, 0.5) is 5.82 Å². The number of nitrogens with two attached hydrogens (primary N) is 1. The van der Waals surface area contributed by atoms with Crippen LogP contribution in [0.15, 0.2) is 23.0 Å². The summed E-state index contributed by atoms with van der Waals surface area (Å²) in [5.74, 6) is 1.71. The molecule has 3 N–H and O–H groups in total. The number of H-pyrrole nitrogens is 1. The van der Waals surface area contributed by atoms with Crippen LogP contribution in [0.25, 0.3) is 11.1 Å². The third-order valence-electron chi connectivity index (χ3n) is 2.78. The molecule has 0 aliphatic carbocycles. The van der Waals surface area contributed by atoms with Crippen molar-refractivity contribution in [1.82, 2.24) is 9.78 Å². The van der Waals surface area contributed by atoms with Crippen LogP contribution in [-0.4, -0.2) is 16.6 Å². The van der Waals surface area contributed by atoms with E-state index >= 15 is 0 Å². The lowest BCUT2D eigenvalue weighted by atomic mass is 10.1.